The zero-order chi connectivity index (χ0) is 13.0. The fourth-order valence-electron chi connectivity index (χ4n) is 2.61. The van der Waals surface area contributed by atoms with E-state index in [1.807, 2.05) is 30.3 Å². The molecule has 4 rings (SSSR count). The van der Waals surface area contributed by atoms with E-state index in [1.54, 1.807) is 0 Å². The third kappa shape index (κ3) is 1.44. The van der Waals surface area contributed by atoms with Gasteiger partial charge in [-0.15, -0.1) is 0 Å². The van der Waals surface area contributed by atoms with Gasteiger partial charge in [-0.2, -0.15) is 0 Å². The Kier molecular flexibility index (Phi) is 2.18. The number of fused-ring (bicyclic) bond motifs is 5. The van der Waals surface area contributed by atoms with Crippen LogP contribution in [0.1, 0.15) is 0 Å². The Hall–Kier alpha value is -1.93. The van der Waals surface area contributed by atoms with E-state index in [2.05, 4.69) is 18.2 Å². The van der Waals surface area contributed by atoms with Crippen LogP contribution in [0.25, 0.3) is 32.7 Å². The zero-order valence-corrected chi connectivity index (χ0v) is 10.7. The molecular formula is C16H8BClO. The minimum absolute atomic E-state index is 0.499. The SMILES string of the molecule is [B]c1c(Cl)ccc2c1oc1ccc3ccccc3c12. The van der Waals surface area contributed by atoms with Gasteiger partial charge in [-0.1, -0.05) is 41.9 Å². The molecular weight excluding hydrogens is 254 g/mol. The third-order valence-electron chi connectivity index (χ3n) is 3.52. The highest BCUT2D eigenvalue weighted by atomic mass is 35.5. The Morgan fingerprint density at radius 1 is 0.895 bits per heavy atom. The topological polar surface area (TPSA) is 13.1 Å². The van der Waals surface area contributed by atoms with Gasteiger partial charge in [-0.25, -0.2) is 0 Å². The van der Waals surface area contributed by atoms with Crippen LogP contribution in [-0.4, -0.2) is 7.85 Å². The second kappa shape index (κ2) is 3.78. The van der Waals surface area contributed by atoms with E-state index in [0.717, 1.165) is 16.4 Å². The molecule has 2 radical (unpaired) electrons. The van der Waals surface area contributed by atoms with Crippen LogP contribution >= 0.6 is 11.6 Å². The first-order valence-electron chi connectivity index (χ1n) is 6.03. The number of hydrogen-bond donors (Lipinski definition) is 0. The number of furan rings is 1. The molecule has 0 atom stereocenters. The minimum Gasteiger partial charge on any atom is -0.457 e. The lowest BCUT2D eigenvalue weighted by Crippen LogP contribution is -2.03. The first-order valence-corrected chi connectivity index (χ1v) is 6.41. The van der Waals surface area contributed by atoms with E-state index in [1.165, 1.54) is 10.8 Å². The predicted octanol–water partition coefficient (Wildman–Crippen LogP) is 4.19. The summed E-state index contributed by atoms with van der Waals surface area (Å²) < 4.78 is 5.86. The van der Waals surface area contributed by atoms with Gasteiger partial charge in [0.05, 0.1) is 0 Å². The molecule has 4 aromatic rings. The number of halogens is 1. The van der Waals surface area contributed by atoms with Gasteiger partial charge in [0.2, 0.25) is 0 Å². The van der Waals surface area contributed by atoms with E-state index in [0.29, 0.717) is 16.1 Å². The largest absolute Gasteiger partial charge is 0.457 e. The number of benzene rings is 3. The minimum atomic E-state index is 0.499. The summed E-state index contributed by atoms with van der Waals surface area (Å²) >= 11 is 6.05. The lowest BCUT2D eigenvalue weighted by atomic mass is 9.93. The molecule has 88 valence electrons. The Morgan fingerprint density at radius 3 is 2.63 bits per heavy atom. The van der Waals surface area contributed by atoms with Gasteiger partial charge in [-0.3, -0.25) is 0 Å². The van der Waals surface area contributed by atoms with Gasteiger partial charge in [0.15, 0.2) is 0 Å². The van der Waals surface area contributed by atoms with Crippen LogP contribution in [0.4, 0.5) is 0 Å². The van der Waals surface area contributed by atoms with Gasteiger partial charge >= 0.3 is 0 Å². The molecule has 1 heterocycles. The summed E-state index contributed by atoms with van der Waals surface area (Å²) in [6.07, 6.45) is 0. The van der Waals surface area contributed by atoms with Crippen molar-refractivity contribution in [1.82, 2.24) is 0 Å². The second-order valence-electron chi connectivity index (χ2n) is 4.60. The maximum Gasteiger partial charge on any atom is 0.136 e. The number of rotatable bonds is 0. The highest BCUT2D eigenvalue weighted by molar-refractivity contribution is 6.49. The lowest BCUT2D eigenvalue weighted by molar-refractivity contribution is 0.672. The smallest absolute Gasteiger partial charge is 0.136 e. The molecule has 0 aliphatic rings. The quantitative estimate of drug-likeness (QED) is 0.433. The molecule has 3 aromatic carbocycles. The van der Waals surface area contributed by atoms with Crippen LogP contribution in [0, 0.1) is 0 Å². The Bertz CT molecular complexity index is 940. The highest BCUT2D eigenvalue weighted by Gasteiger charge is 2.12. The highest BCUT2D eigenvalue weighted by Crippen LogP contribution is 2.34. The van der Waals surface area contributed by atoms with Crippen LogP contribution in [0.2, 0.25) is 5.02 Å². The predicted molar refractivity (Wildman–Crippen MR) is 81.6 cm³/mol. The summed E-state index contributed by atoms with van der Waals surface area (Å²) in [5.74, 6) is 0. The molecule has 0 saturated carbocycles. The van der Waals surface area contributed by atoms with Crippen LogP contribution in [0.15, 0.2) is 52.9 Å². The van der Waals surface area contributed by atoms with Crippen LogP contribution in [-0.2, 0) is 0 Å². The van der Waals surface area contributed by atoms with Crippen LogP contribution < -0.4 is 5.46 Å². The van der Waals surface area contributed by atoms with Crippen LogP contribution in [0.5, 0.6) is 0 Å². The summed E-state index contributed by atoms with van der Waals surface area (Å²) in [6.45, 7) is 0. The van der Waals surface area contributed by atoms with Crippen molar-refractivity contribution in [2.24, 2.45) is 0 Å². The molecule has 1 aromatic heterocycles. The summed E-state index contributed by atoms with van der Waals surface area (Å²) in [5.41, 5.74) is 2.00. The Labute approximate surface area is 116 Å². The third-order valence-corrected chi connectivity index (χ3v) is 3.84. The Morgan fingerprint density at radius 2 is 1.74 bits per heavy atom. The fraction of sp³-hybridized carbons (Fsp3) is 0. The summed E-state index contributed by atoms with van der Waals surface area (Å²) in [5, 5.41) is 4.98. The normalized spacial score (nSPS) is 11.6. The molecule has 0 aliphatic heterocycles. The van der Waals surface area contributed by atoms with Gasteiger partial charge < -0.3 is 4.42 Å². The molecule has 0 aliphatic carbocycles. The molecule has 19 heavy (non-hydrogen) atoms. The average Bonchev–Trinajstić information content (AvgIpc) is 2.83. The summed E-state index contributed by atoms with van der Waals surface area (Å²) in [6, 6.07) is 16.1. The molecule has 0 amide bonds. The molecule has 0 bridgehead atoms. The van der Waals surface area contributed by atoms with E-state index < -0.39 is 0 Å². The maximum absolute atomic E-state index is 6.05. The van der Waals surface area contributed by atoms with Crippen molar-refractivity contribution in [2.45, 2.75) is 0 Å². The summed E-state index contributed by atoms with van der Waals surface area (Å²) in [7, 11) is 6.00. The average molecular weight is 263 g/mol. The van der Waals surface area contributed by atoms with Crippen molar-refractivity contribution < 1.29 is 4.42 Å². The van der Waals surface area contributed by atoms with Crippen LogP contribution in [0.3, 0.4) is 0 Å². The number of hydrogen-bond acceptors (Lipinski definition) is 1. The van der Waals surface area contributed by atoms with Crippen molar-refractivity contribution in [3.8, 4) is 0 Å². The first kappa shape index (κ1) is 10.9. The van der Waals surface area contributed by atoms with E-state index in [4.69, 9.17) is 23.9 Å². The Balaban J connectivity index is 2.34. The standard InChI is InChI=1S/C16H8BClO/c17-15-12(18)7-6-11-14-10-4-2-1-3-9(10)5-8-13(14)19-16(11)15/h1-8H. The van der Waals surface area contributed by atoms with Crippen molar-refractivity contribution in [3.05, 3.63) is 53.6 Å². The van der Waals surface area contributed by atoms with E-state index >= 15 is 0 Å². The second-order valence-corrected chi connectivity index (χ2v) is 5.01. The molecule has 0 unspecified atom stereocenters. The lowest BCUT2D eigenvalue weighted by Gasteiger charge is -1.99. The van der Waals surface area contributed by atoms with Crippen molar-refractivity contribution in [1.29, 1.82) is 0 Å². The molecule has 0 saturated heterocycles. The zero-order valence-electron chi connectivity index (χ0n) is 9.98. The van der Waals surface area contributed by atoms with Crippen molar-refractivity contribution in [2.75, 3.05) is 0 Å². The van der Waals surface area contributed by atoms with E-state index in [9.17, 15) is 0 Å². The molecule has 0 N–H and O–H groups in total. The van der Waals surface area contributed by atoms with Crippen molar-refractivity contribution in [3.63, 3.8) is 0 Å². The van der Waals surface area contributed by atoms with Gasteiger partial charge in [0.25, 0.3) is 0 Å². The fourth-order valence-corrected chi connectivity index (χ4v) is 2.76. The first-order chi connectivity index (χ1) is 9.25. The maximum atomic E-state index is 6.05. The van der Waals surface area contributed by atoms with Crippen molar-refractivity contribution >= 4 is 57.6 Å². The van der Waals surface area contributed by atoms with Gasteiger partial charge in [0.1, 0.15) is 19.0 Å². The summed E-state index contributed by atoms with van der Waals surface area (Å²) in [4.78, 5) is 0. The molecule has 3 heteroatoms. The molecule has 0 fully saturated rings. The molecule has 1 nitrogen and oxygen atoms in total. The van der Waals surface area contributed by atoms with E-state index in [-0.39, 0.29) is 0 Å². The van der Waals surface area contributed by atoms with Gasteiger partial charge in [0, 0.05) is 15.8 Å². The monoisotopic (exact) mass is 262 g/mol. The van der Waals surface area contributed by atoms with Gasteiger partial charge in [-0.05, 0) is 34.4 Å². The molecule has 0 spiro atoms.